The Hall–Kier alpha value is -2.65. The number of carbonyl (C=O) groups excluding carboxylic acids is 1. The van der Waals surface area contributed by atoms with Gasteiger partial charge in [0, 0.05) is 12.3 Å². The number of aromatic nitrogens is 2. The van der Waals surface area contributed by atoms with Crippen molar-refractivity contribution >= 4 is 29.1 Å². The van der Waals surface area contributed by atoms with Crippen molar-refractivity contribution in [1.82, 2.24) is 9.97 Å². The number of carboxylic acid groups (broad SMARTS) is 1. The molecule has 2 aromatic rings. The molecule has 0 aromatic carbocycles. The number of nitrogens with zero attached hydrogens (tertiary/aromatic N) is 2. The number of aromatic carboxylic acids is 1. The van der Waals surface area contributed by atoms with Gasteiger partial charge in [0.2, 0.25) is 5.65 Å². The minimum Gasteiger partial charge on any atom is -0.478 e. The normalized spacial score (nSPS) is 11.5. The third kappa shape index (κ3) is 2.61. The first kappa shape index (κ1) is 12.8. The van der Waals surface area contributed by atoms with Crippen LogP contribution in [-0.4, -0.2) is 33.1 Å². The van der Waals surface area contributed by atoms with Crippen molar-refractivity contribution in [2.45, 2.75) is 6.18 Å². The standard InChI is InChI=1S/C9H4F3N3O4/c10-9(11,12)7(18)15-8-14-5-4(19-8)1-3(2-13-5)6(16)17/h1-2H,(H,16,17)(H,13,14,15,18). The summed E-state index contributed by atoms with van der Waals surface area (Å²) in [5, 5.41) is 10.1. The zero-order valence-electron chi connectivity index (χ0n) is 8.85. The summed E-state index contributed by atoms with van der Waals surface area (Å²) in [5.41, 5.74) is -0.503. The van der Waals surface area contributed by atoms with Gasteiger partial charge in [-0.1, -0.05) is 0 Å². The molecule has 0 unspecified atom stereocenters. The Balaban J connectivity index is 2.32. The first-order valence-electron chi connectivity index (χ1n) is 4.65. The van der Waals surface area contributed by atoms with Crippen molar-refractivity contribution in [3.63, 3.8) is 0 Å². The van der Waals surface area contributed by atoms with Crippen molar-refractivity contribution < 1.29 is 32.3 Å². The van der Waals surface area contributed by atoms with E-state index in [1.807, 2.05) is 0 Å². The molecular weight excluding hydrogens is 271 g/mol. The molecule has 2 rings (SSSR count). The fourth-order valence-electron chi connectivity index (χ4n) is 1.16. The predicted octanol–water partition coefficient (Wildman–Crippen LogP) is 1.42. The fraction of sp³-hybridized carbons (Fsp3) is 0.111. The van der Waals surface area contributed by atoms with E-state index in [0.29, 0.717) is 0 Å². The van der Waals surface area contributed by atoms with Crippen LogP contribution in [0.15, 0.2) is 16.7 Å². The van der Waals surface area contributed by atoms with Crippen LogP contribution in [0.25, 0.3) is 11.2 Å². The summed E-state index contributed by atoms with van der Waals surface area (Å²) in [7, 11) is 0. The number of halogens is 3. The number of nitrogens with one attached hydrogen (secondary N) is 1. The van der Waals surface area contributed by atoms with Crippen molar-refractivity contribution in [3.05, 3.63) is 17.8 Å². The molecule has 0 saturated carbocycles. The molecule has 0 saturated heterocycles. The number of hydrogen-bond donors (Lipinski definition) is 2. The monoisotopic (exact) mass is 275 g/mol. The van der Waals surface area contributed by atoms with E-state index in [9.17, 15) is 22.8 Å². The number of fused-ring (bicyclic) bond motifs is 1. The highest BCUT2D eigenvalue weighted by atomic mass is 19.4. The molecule has 10 heteroatoms. The highest BCUT2D eigenvalue weighted by Gasteiger charge is 2.39. The molecule has 1 amide bonds. The van der Waals surface area contributed by atoms with Gasteiger partial charge in [0.15, 0.2) is 5.58 Å². The van der Waals surface area contributed by atoms with Crippen LogP contribution in [0.2, 0.25) is 0 Å². The molecule has 0 aliphatic heterocycles. The van der Waals surface area contributed by atoms with Crippen molar-refractivity contribution in [1.29, 1.82) is 0 Å². The lowest BCUT2D eigenvalue weighted by Crippen LogP contribution is -2.30. The Morgan fingerprint density at radius 1 is 1.37 bits per heavy atom. The highest BCUT2D eigenvalue weighted by molar-refractivity contribution is 5.94. The molecule has 19 heavy (non-hydrogen) atoms. The summed E-state index contributed by atoms with van der Waals surface area (Å²) in [6.45, 7) is 0. The van der Waals surface area contributed by atoms with Gasteiger partial charge >= 0.3 is 24.1 Å². The van der Waals surface area contributed by atoms with Crippen LogP contribution < -0.4 is 5.32 Å². The van der Waals surface area contributed by atoms with E-state index in [1.54, 1.807) is 0 Å². The fourth-order valence-corrected chi connectivity index (χ4v) is 1.16. The number of hydrogen-bond acceptors (Lipinski definition) is 5. The second-order valence-corrected chi connectivity index (χ2v) is 3.32. The summed E-state index contributed by atoms with van der Waals surface area (Å²) >= 11 is 0. The van der Waals surface area contributed by atoms with Crippen molar-refractivity contribution in [2.75, 3.05) is 5.32 Å². The maximum atomic E-state index is 12.0. The van der Waals surface area contributed by atoms with E-state index in [-0.39, 0.29) is 16.8 Å². The molecule has 0 radical (unpaired) electrons. The molecule has 2 aromatic heterocycles. The van der Waals surface area contributed by atoms with Crippen LogP contribution in [0.3, 0.4) is 0 Å². The summed E-state index contributed by atoms with van der Waals surface area (Å²) in [4.78, 5) is 28.3. The average molecular weight is 275 g/mol. The van der Waals surface area contributed by atoms with E-state index >= 15 is 0 Å². The van der Waals surface area contributed by atoms with Gasteiger partial charge in [0.1, 0.15) is 0 Å². The first-order valence-corrected chi connectivity index (χ1v) is 4.65. The summed E-state index contributed by atoms with van der Waals surface area (Å²) in [6, 6.07) is 0.313. The number of alkyl halides is 3. The maximum absolute atomic E-state index is 12.0. The number of carboxylic acids is 1. The molecular formula is C9H4F3N3O4. The van der Waals surface area contributed by atoms with Crippen LogP contribution in [0.4, 0.5) is 19.2 Å². The van der Waals surface area contributed by atoms with Crippen molar-refractivity contribution in [2.24, 2.45) is 0 Å². The molecule has 2 N–H and O–H groups in total. The molecule has 0 spiro atoms. The summed E-state index contributed by atoms with van der Waals surface area (Å²) in [5.74, 6) is -3.54. The summed E-state index contributed by atoms with van der Waals surface area (Å²) in [6.07, 6.45) is -4.12. The minimum atomic E-state index is -5.08. The number of rotatable bonds is 2. The molecule has 0 aliphatic carbocycles. The molecule has 7 nitrogen and oxygen atoms in total. The molecule has 0 fully saturated rings. The van der Waals surface area contributed by atoms with Gasteiger partial charge in [-0.15, -0.1) is 0 Å². The molecule has 0 aliphatic rings. The van der Waals surface area contributed by atoms with Gasteiger partial charge in [0.05, 0.1) is 5.56 Å². The zero-order chi connectivity index (χ0) is 14.2. The van der Waals surface area contributed by atoms with Gasteiger partial charge in [-0.25, -0.2) is 9.78 Å². The van der Waals surface area contributed by atoms with E-state index in [1.165, 1.54) is 5.32 Å². The second kappa shape index (κ2) is 4.23. The number of pyridine rings is 1. The third-order valence-corrected chi connectivity index (χ3v) is 1.97. The average Bonchev–Trinajstić information content (AvgIpc) is 2.68. The van der Waals surface area contributed by atoms with Crippen LogP contribution in [0.5, 0.6) is 0 Å². The largest absolute Gasteiger partial charge is 0.478 e. The predicted molar refractivity (Wildman–Crippen MR) is 53.4 cm³/mol. The SMILES string of the molecule is O=C(O)c1cnc2nc(NC(=O)C(F)(F)F)oc2c1. The number of anilines is 1. The van der Waals surface area contributed by atoms with E-state index in [2.05, 4.69) is 9.97 Å². The lowest BCUT2D eigenvalue weighted by molar-refractivity contribution is -0.167. The van der Waals surface area contributed by atoms with E-state index in [0.717, 1.165) is 12.3 Å². The maximum Gasteiger partial charge on any atom is 0.471 e. The van der Waals surface area contributed by atoms with Gasteiger partial charge in [-0.05, 0) is 0 Å². The van der Waals surface area contributed by atoms with Crippen LogP contribution in [-0.2, 0) is 4.79 Å². The van der Waals surface area contributed by atoms with E-state index in [4.69, 9.17) is 9.52 Å². The molecule has 2 heterocycles. The Bertz CT molecular complexity index is 664. The Morgan fingerprint density at radius 3 is 2.63 bits per heavy atom. The second-order valence-electron chi connectivity index (χ2n) is 3.32. The highest BCUT2D eigenvalue weighted by Crippen LogP contribution is 2.21. The zero-order valence-corrected chi connectivity index (χ0v) is 8.85. The van der Waals surface area contributed by atoms with Crippen LogP contribution in [0, 0.1) is 0 Å². The Kier molecular flexibility index (Phi) is 2.85. The molecule has 0 bridgehead atoms. The van der Waals surface area contributed by atoms with Crippen LogP contribution >= 0.6 is 0 Å². The van der Waals surface area contributed by atoms with E-state index < -0.39 is 24.1 Å². The van der Waals surface area contributed by atoms with Crippen LogP contribution in [0.1, 0.15) is 10.4 Å². The third-order valence-electron chi connectivity index (χ3n) is 1.97. The first-order chi connectivity index (χ1) is 8.77. The smallest absolute Gasteiger partial charge is 0.471 e. The topological polar surface area (TPSA) is 105 Å². The molecule has 100 valence electrons. The quantitative estimate of drug-likeness (QED) is 0.858. The number of carbonyl (C=O) groups is 2. The lowest BCUT2D eigenvalue weighted by atomic mass is 10.3. The number of amides is 1. The summed E-state index contributed by atoms with van der Waals surface area (Å²) < 4.78 is 40.7. The van der Waals surface area contributed by atoms with Gasteiger partial charge in [-0.2, -0.15) is 18.2 Å². The van der Waals surface area contributed by atoms with Gasteiger partial charge in [-0.3, -0.25) is 10.1 Å². The Labute approximate surface area is 102 Å². The van der Waals surface area contributed by atoms with Gasteiger partial charge < -0.3 is 9.52 Å². The lowest BCUT2D eigenvalue weighted by Gasteiger charge is -2.03. The number of oxazole rings is 1. The van der Waals surface area contributed by atoms with Gasteiger partial charge in [0.25, 0.3) is 0 Å². The minimum absolute atomic E-state index is 0.123. The molecule has 0 atom stereocenters. The Morgan fingerprint density at radius 2 is 2.05 bits per heavy atom. The van der Waals surface area contributed by atoms with Crippen molar-refractivity contribution in [3.8, 4) is 0 Å².